The lowest BCUT2D eigenvalue weighted by molar-refractivity contribution is -0.138. The molecule has 0 aliphatic carbocycles. The van der Waals surface area contributed by atoms with Crippen molar-refractivity contribution in [3.8, 4) is 0 Å². The van der Waals surface area contributed by atoms with Gasteiger partial charge in [0.25, 0.3) is 5.91 Å². The Labute approximate surface area is 110 Å². The molecule has 0 bridgehead atoms. The maximum Gasteiger partial charge on any atom is 0.303 e. The van der Waals surface area contributed by atoms with Crippen molar-refractivity contribution in [2.75, 3.05) is 7.05 Å². The molecule has 0 atom stereocenters. The van der Waals surface area contributed by atoms with E-state index in [2.05, 4.69) is 10.6 Å². The zero-order valence-electron chi connectivity index (χ0n) is 10.6. The van der Waals surface area contributed by atoms with Crippen molar-refractivity contribution in [3.05, 3.63) is 35.4 Å². The Morgan fingerprint density at radius 2 is 1.74 bits per heavy atom. The molecule has 0 spiro atoms. The van der Waals surface area contributed by atoms with Crippen molar-refractivity contribution < 1.29 is 19.5 Å². The van der Waals surface area contributed by atoms with E-state index in [0.29, 0.717) is 12.1 Å². The predicted molar refractivity (Wildman–Crippen MR) is 68.5 cm³/mol. The van der Waals surface area contributed by atoms with Crippen LogP contribution in [0.1, 0.15) is 28.8 Å². The van der Waals surface area contributed by atoms with Crippen molar-refractivity contribution in [1.29, 1.82) is 0 Å². The second-order valence-electron chi connectivity index (χ2n) is 3.95. The van der Waals surface area contributed by atoms with E-state index in [1.165, 1.54) is 0 Å². The number of amides is 2. The lowest BCUT2D eigenvalue weighted by atomic mass is 10.1. The fourth-order valence-corrected chi connectivity index (χ4v) is 1.43. The van der Waals surface area contributed by atoms with Gasteiger partial charge in [0.2, 0.25) is 5.91 Å². The summed E-state index contributed by atoms with van der Waals surface area (Å²) in [4.78, 5) is 32.9. The van der Waals surface area contributed by atoms with Gasteiger partial charge < -0.3 is 15.7 Å². The van der Waals surface area contributed by atoms with E-state index in [1.807, 2.05) is 0 Å². The first-order chi connectivity index (χ1) is 9.02. The smallest absolute Gasteiger partial charge is 0.303 e. The molecule has 0 heterocycles. The fraction of sp³-hybridized carbons (Fsp3) is 0.308. The van der Waals surface area contributed by atoms with Crippen LogP contribution in [0.15, 0.2) is 24.3 Å². The largest absolute Gasteiger partial charge is 0.481 e. The SMILES string of the molecule is CNC(=O)c1ccc(CNC(=O)CCC(=O)O)cc1. The maximum absolute atomic E-state index is 11.3. The van der Waals surface area contributed by atoms with E-state index in [-0.39, 0.29) is 24.7 Å². The fourth-order valence-electron chi connectivity index (χ4n) is 1.43. The van der Waals surface area contributed by atoms with Crippen molar-refractivity contribution in [2.45, 2.75) is 19.4 Å². The lowest BCUT2D eigenvalue weighted by Gasteiger charge is -2.05. The zero-order valence-corrected chi connectivity index (χ0v) is 10.6. The van der Waals surface area contributed by atoms with Gasteiger partial charge in [-0.2, -0.15) is 0 Å². The van der Waals surface area contributed by atoms with E-state index in [4.69, 9.17) is 5.11 Å². The van der Waals surface area contributed by atoms with Gasteiger partial charge >= 0.3 is 5.97 Å². The summed E-state index contributed by atoms with van der Waals surface area (Å²) in [6, 6.07) is 6.80. The highest BCUT2D eigenvalue weighted by atomic mass is 16.4. The minimum atomic E-state index is -0.995. The quantitative estimate of drug-likeness (QED) is 0.698. The van der Waals surface area contributed by atoms with E-state index < -0.39 is 5.97 Å². The van der Waals surface area contributed by atoms with Crippen LogP contribution in [-0.2, 0) is 16.1 Å². The van der Waals surface area contributed by atoms with E-state index in [1.54, 1.807) is 31.3 Å². The van der Waals surface area contributed by atoms with Crippen molar-refractivity contribution in [3.63, 3.8) is 0 Å². The predicted octanol–water partition coefficient (Wildman–Crippen LogP) is 0.527. The summed E-state index contributed by atoms with van der Waals surface area (Å²) in [5.74, 6) is -1.47. The van der Waals surface area contributed by atoms with E-state index >= 15 is 0 Å². The van der Waals surface area contributed by atoms with Crippen LogP contribution in [0.25, 0.3) is 0 Å². The van der Waals surface area contributed by atoms with Crippen LogP contribution in [0, 0.1) is 0 Å². The van der Waals surface area contributed by atoms with Gasteiger partial charge in [-0.25, -0.2) is 0 Å². The first kappa shape index (κ1) is 14.7. The molecule has 0 saturated carbocycles. The summed E-state index contributed by atoms with van der Waals surface area (Å²) in [6.07, 6.45) is -0.215. The van der Waals surface area contributed by atoms with Gasteiger partial charge in [-0.05, 0) is 17.7 Å². The van der Waals surface area contributed by atoms with E-state index in [9.17, 15) is 14.4 Å². The molecule has 0 aliphatic rings. The summed E-state index contributed by atoms with van der Waals surface area (Å²) in [7, 11) is 1.55. The van der Waals surface area contributed by atoms with Crippen LogP contribution in [-0.4, -0.2) is 29.9 Å². The second kappa shape index (κ2) is 7.15. The Bertz CT molecular complexity index is 468. The molecule has 0 saturated heterocycles. The molecule has 102 valence electrons. The third-order valence-corrected chi connectivity index (χ3v) is 2.50. The first-order valence-electron chi connectivity index (χ1n) is 5.82. The Kier molecular flexibility index (Phi) is 5.53. The Morgan fingerprint density at radius 1 is 1.11 bits per heavy atom. The number of hydrogen-bond acceptors (Lipinski definition) is 3. The number of carboxylic acids is 1. The summed E-state index contributed by atoms with van der Waals surface area (Å²) in [5, 5.41) is 13.6. The van der Waals surface area contributed by atoms with Crippen molar-refractivity contribution >= 4 is 17.8 Å². The minimum Gasteiger partial charge on any atom is -0.481 e. The topological polar surface area (TPSA) is 95.5 Å². The Morgan fingerprint density at radius 3 is 2.26 bits per heavy atom. The first-order valence-corrected chi connectivity index (χ1v) is 5.82. The molecule has 19 heavy (non-hydrogen) atoms. The van der Waals surface area contributed by atoms with Crippen LogP contribution < -0.4 is 10.6 Å². The molecule has 1 aromatic rings. The molecule has 6 nitrogen and oxygen atoms in total. The molecule has 1 rings (SSSR count). The number of rotatable bonds is 6. The van der Waals surface area contributed by atoms with Crippen LogP contribution in [0.5, 0.6) is 0 Å². The van der Waals surface area contributed by atoms with Gasteiger partial charge in [0, 0.05) is 25.6 Å². The molecule has 1 aromatic carbocycles. The molecule has 0 aromatic heterocycles. The molecule has 0 unspecified atom stereocenters. The minimum absolute atomic E-state index is 0.0361. The average Bonchev–Trinajstić information content (AvgIpc) is 2.42. The number of nitrogens with one attached hydrogen (secondary N) is 2. The summed E-state index contributed by atoms with van der Waals surface area (Å²) < 4.78 is 0. The van der Waals surface area contributed by atoms with Crippen molar-refractivity contribution in [1.82, 2.24) is 10.6 Å². The van der Waals surface area contributed by atoms with Gasteiger partial charge in [-0.3, -0.25) is 14.4 Å². The molecule has 6 heteroatoms. The third kappa shape index (κ3) is 5.20. The van der Waals surface area contributed by atoms with Crippen LogP contribution in [0.2, 0.25) is 0 Å². The Hall–Kier alpha value is -2.37. The standard InChI is InChI=1S/C13H16N2O4/c1-14-13(19)10-4-2-9(3-5-10)8-15-11(16)6-7-12(17)18/h2-5H,6-8H2,1H3,(H,14,19)(H,15,16)(H,17,18). The van der Waals surface area contributed by atoms with E-state index in [0.717, 1.165) is 5.56 Å². The number of carbonyl (C=O) groups is 3. The molecule has 2 amide bonds. The lowest BCUT2D eigenvalue weighted by Crippen LogP contribution is -2.23. The number of aliphatic carboxylic acids is 1. The van der Waals surface area contributed by atoms with Gasteiger partial charge in [0.05, 0.1) is 6.42 Å². The number of carbonyl (C=O) groups excluding carboxylic acids is 2. The summed E-state index contributed by atoms with van der Waals surface area (Å²) >= 11 is 0. The molecule has 0 aliphatic heterocycles. The molecule has 3 N–H and O–H groups in total. The van der Waals surface area contributed by atoms with Gasteiger partial charge in [-0.15, -0.1) is 0 Å². The number of hydrogen-bond donors (Lipinski definition) is 3. The highest BCUT2D eigenvalue weighted by molar-refractivity contribution is 5.93. The van der Waals surface area contributed by atoms with Crippen LogP contribution in [0.3, 0.4) is 0 Å². The zero-order chi connectivity index (χ0) is 14.3. The van der Waals surface area contributed by atoms with Gasteiger partial charge in [0.1, 0.15) is 0 Å². The van der Waals surface area contributed by atoms with Crippen molar-refractivity contribution in [2.24, 2.45) is 0 Å². The maximum atomic E-state index is 11.3. The van der Waals surface area contributed by atoms with Gasteiger partial charge in [-0.1, -0.05) is 12.1 Å². The van der Waals surface area contributed by atoms with Crippen LogP contribution >= 0.6 is 0 Å². The highest BCUT2D eigenvalue weighted by Crippen LogP contribution is 2.04. The average molecular weight is 264 g/mol. The monoisotopic (exact) mass is 264 g/mol. The normalized spacial score (nSPS) is 9.74. The third-order valence-electron chi connectivity index (χ3n) is 2.50. The molecule has 0 fully saturated rings. The van der Waals surface area contributed by atoms with Crippen LogP contribution in [0.4, 0.5) is 0 Å². The molecular weight excluding hydrogens is 248 g/mol. The number of carboxylic acid groups (broad SMARTS) is 1. The Balaban J connectivity index is 2.43. The number of benzene rings is 1. The molecular formula is C13H16N2O4. The molecule has 0 radical (unpaired) electrons. The van der Waals surface area contributed by atoms with Gasteiger partial charge in [0.15, 0.2) is 0 Å². The highest BCUT2D eigenvalue weighted by Gasteiger charge is 2.06. The summed E-state index contributed by atoms with van der Waals surface area (Å²) in [6.45, 7) is 0.312. The second-order valence-corrected chi connectivity index (χ2v) is 3.95. The summed E-state index contributed by atoms with van der Waals surface area (Å²) in [5.41, 5.74) is 1.39.